The highest BCUT2D eigenvalue weighted by molar-refractivity contribution is 9.11. The Bertz CT molecular complexity index is 812. The standard InChI is InChI=1S/C18H10Br4O2/c19-11-5-1-3-7-15(11)23-17-10-18(14(22)9-13(17)21)24-16-8-4-2-6-12(16)20/h1-10H. The van der Waals surface area contributed by atoms with E-state index in [1.165, 1.54) is 0 Å². The van der Waals surface area contributed by atoms with E-state index in [0.29, 0.717) is 11.5 Å². The molecule has 0 amide bonds. The molecule has 0 N–H and O–H groups in total. The van der Waals surface area contributed by atoms with Crippen molar-refractivity contribution in [2.24, 2.45) is 0 Å². The summed E-state index contributed by atoms with van der Waals surface area (Å²) in [5, 5.41) is 0. The van der Waals surface area contributed by atoms with E-state index < -0.39 is 0 Å². The fourth-order valence-electron chi connectivity index (χ4n) is 1.96. The van der Waals surface area contributed by atoms with Crippen LogP contribution in [0.15, 0.2) is 78.6 Å². The molecule has 3 aromatic carbocycles. The molecule has 0 saturated carbocycles. The summed E-state index contributed by atoms with van der Waals surface area (Å²) < 4.78 is 15.4. The highest BCUT2D eigenvalue weighted by atomic mass is 79.9. The summed E-state index contributed by atoms with van der Waals surface area (Å²) in [6.07, 6.45) is 0. The van der Waals surface area contributed by atoms with Crippen LogP contribution < -0.4 is 9.47 Å². The average Bonchev–Trinajstić information content (AvgIpc) is 2.56. The van der Waals surface area contributed by atoms with Crippen molar-refractivity contribution in [3.05, 3.63) is 78.6 Å². The molecule has 0 aliphatic rings. The Balaban J connectivity index is 1.94. The number of benzene rings is 3. The Morgan fingerprint density at radius 2 is 0.875 bits per heavy atom. The fraction of sp³-hybridized carbons (Fsp3) is 0. The summed E-state index contributed by atoms with van der Waals surface area (Å²) in [6, 6.07) is 19.1. The Morgan fingerprint density at radius 3 is 1.29 bits per heavy atom. The third kappa shape index (κ3) is 4.23. The lowest BCUT2D eigenvalue weighted by atomic mass is 10.3. The second-order valence-corrected chi connectivity index (χ2v) is 8.20. The third-order valence-corrected chi connectivity index (χ3v) is 5.65. The van der Waals surface area contributed by atoms with Crippen molar-refractivity contribution < 1.29 is 9.47 Å². The van der Waals surface area contributed by atoms with Gasteiger partial charge in [0.15, 0.2) is 0 Å². The minimum atomic E-state index is 0.659. The first-order valence-electron chi connectivity index (χ1n) is 6.88. The van der Waals surface area contributed by atoms with Gasteiger partial charge in [0.05, 0.1) is 17.9 Å². The molecule has 0 aliphatic carbocycles. The van der Waals surface area contributed by atoms with Gasteiger partial charge in [-0.25, -0.2) is 0 Å². The summed E-state index contributed by atoms with van der Waals surface area (Å²) in [4.78, 5) is 0. The molecule has 0 aliphatic heterocycles. The van der Waals surface area contributed by atoms with Crippen LogP contribution in [0.2, 0.25) is 0 Å². The minimum Gasteiger partial charge on any atom is -0.455 e. The molecule has 2 nitrogen and oxygen atoms in total. The molecule has 0 heterocycles. The number of ether oxygens (including phenoxy) is 2. The smallest absolute Gasteiger partial charge is 0.145 e. The number of para-hydroxylation sites is 2. The number of halogens is 4. The second-order valence-electron chi connectivity index (χ2n) is 4.78. The van der Waals surface area contributed by atoms with Crippen molar-refractivity contribution in [1.29, 1.82) is 0 Å². The minimum absolute atomic E-state index is 0.659. The first-order chi connectivity index (χ1) is 11.5. The second kappa shape index (κ2) is 8.04. The Morgan fingerprint density at radius 1 is 0.458 bits per heavy atom. The van der Waals surface area contributed by atoms with E-state index in [2.05, 4.69) is 63.7 Å². The maximum atomic E-state index is 6.00. The summed E-state index contributed by atoms with van der Waals surface area (Å²) in [6.45, 7) is 0. The van der Waals surface area contributed by atoms with E-state index in [4.69, 9.17) is 9.47 Å². The Kier molecular flexibility index (Phi) is 6.02. The van der Waals surface area contributed by atoms with Crippen molar-refractivity contribution in [3.8, 4) is 23.0 Å². The van der Waals surface area contributed by atoms with Gasteiger partial charge in [0.25, 0.3) is 0 Å². The summed E-state index contributed by atoms with van der Waals surface area (Å²) in [5.41, 5.74) is 0. The van der Waals surface area contributed by atoms with E-state index in [1.54, 1.807) is 0 Å². The van der Waals surface area contributed by atoms with Crippen LogP contribution in [0, 0.1) is 0 Å². The molecule has 0 saturated heterocycles. The SMILES string of the molecule is Brc1ccccc1Oc1cc(Oc2ccccc2Br)c(Br)cc1Br. The molecule has 0 radical (unpaired) electrons. The maximum Gasteiger partial charge on any atom is 0.145 e. The molecule has 0 spiro atoms. The summed E-state index contributed by atoms with van der Waals surface area (Å²) in [5.74, 6) is 2.78. The first-order valence-corrected chi connectivity index (χ1v) is 10.1. The highest BCUT2D eigenvalue weighted by Crippen LogP contribution is 2.42. The molecule has 3 aromatic rings. The fourth-order valence-corrected chi connectivity index (χ4v) is 3.85. The molecular formula is C18H10Br4O2. The zero-order valence-corrected chi connectivity index (χ0v) is 18.4. The lowest BCUT2D eigenvalue weighted by Gasteiger charge is -2.14. The van der Waals surface area contributed by atoms with E-state index >= 15 is 0 Å². The van der Waals surface area contributed by atoms with Crippen LogP contribution in [0.3, 0.4) is 0 Å². The van der Waals surface area contributed by atoms with Gasteiger partial charge in [-0.1, -0.05) is 24.3 Å². The van der Waals surface area contributed by atoms with Crippen molar-refractivity contribution in [1.82, 2.24) is 0 Å². The molecule has 0 unspecified atom stereocenters. The van der Waals surface area contributed by atoms with Gasteiger partial charge in [-0.15, -0.1) is 0 Å². The van der Waals surface area contributed by atoms with Crippen LogP contribution in [0.25, 0.3) is 0 Å². The molecule has 122 valence electrons. The van der Waals surface area contributed by atoms with Gasteiger partial charge in [-0.05, 0) is 94.1 Å². The molecule has 3 rings (SSSR count). The van der Waals surface area contributed by atoms with E-state index in [1.807, 2.05) is 60.7 Å². The van der Waals surface area contributed by atoms with Crippen molar-refractivity contribution >= 4 is 63.7 Å². The van der Waals surface area contributed by atoms with Crippen molar-refractivity contribution in [3.63, 3.8) is 0 Å². The first kappa shape index (κ1) is 18.0. The zero-order valence-electron chi connectivity index (χ0n) is 12.1. The van der Waals surface area contributed by atoms with E-state index in [9.17, 15) is 0 Å². The van der Waals surface area contributed by atoms with Crippen LogP contribution in [0.1, 0.15) is 0 Å². The predicted octanol–water partition coefficient (Wildman–Crippen LogP) is 8.32. The van der Waals surface area contributed by atoms with Crippen molar-refractivity contribution in [2.75, 3.05) is 0 Å². The lowest BCUT2D eigenvalue weighted by molar-refractivity contribution is 0.453. The zero-order chi connectivity index (χ0) is 17.1. The average molecular weight is 578 g/mol. The van der Waals surface area contributed by atoms with Gasteiger partial charge < -0.3 is 9.47 Å². The number of hydrogen-bond acceptors (Lipinski definition) is 2. The van der Waals surface area contributed by atoms with E-state index in [0.717, 1.165) is 29.4 Å². The predicted molar refractivity (Wildman–Crippen MR) is 110 cm³/mol. The van der Waals surface area contributed by atoms with Crippen molar-refractivity contribution in [2.45, 2.75) is 0 Å². The molecule has 6 heteroatoms. The van der Waals surface area contributed by atoms with Gasteiger partial charge in [0, 0.05) is 6.07 Å². The molecule has 24 heavy (non-hydrogen) atoms. The topological polar surface area (TPSA) is 18.5 Å². The van der Waals surface area contributed by atoms with Gasteiger partial charge in [-0.2, -0.15) is 0 Å². The molecule has 0 aromatic heterocycles. The number of hydrogen-bond donors (Lipinski definition) is 0. The van der Waals surface area contributed by atoms with Gasteiger partial charge in [0.2, 0.25) is 0 Å². The molecule has 0 fully saturated rings. The summed E-state index contributed by atoms with van der Waals surface area (Å²) >= 11 is 14.0. The van der Waals surface area contributed by atoms with Gasteiger partial charge in [-0.3, -0.25) is 0 Å². The molecule has 0 bridgehead atoms. The number of rotatable bonds is 4. The normalized spacial score (nSPS) is 10.5. The maximum absolute atomic E-state index is 6.00. The third-order valence-electron chi connectivity index (χ3n) is 3.10. The van der Waals surface area contributed by atoms with Gasteiger partial charge >= 0.3 is 0 Å². The van der Waals surface area contributed by atoms with Crippen LogP contribution >= 0.6 is 63.7 Å². The van der Waals surface area contributed by atoms with Gasteiger partial charge in [0.1, 0.15) is 23.0 Å². The van der Waals surface area contributed by atoms with Crippen LogP contribution in [0.4, 0.5) is 0 Å². The summed E-state index contributed by atoms with van der Waals surface area (Å²) in [7, 11) is 0. The van der Waals surface area contributed by atoms with Crippen LogP contribution in [-0.2, 0) is 0 Å². The van der Waals surface area contributed by atoms with Crippen LogP contribution in [0.5, 0.6) is 23.0 Å². The van der Waals surface area contributed by atoms with Crippen LogP contribution in [-0.4, -0.2) is 0 Å². The largest absolute Gasteiger partial charge is 0.455 e. The lowest BCUT2D eigenvalue weighted by Crippen LogP contribution is -1.91. The quantitative estimate of drug-likeness (QED) is 0.310. The van der Waals surface area contributed by atoms with E-state index in [-0.39, 0.29) is 0 Å². The molecular weight excluding hydrogens is 568 g/mol. The Labute approximate surface area is 173 Å². The Hall–Kier alpha value is -0.820. The molecule has 0 atom stereocenters. The highest BCUT2D eigenvalue weighted by Gasteiger charge is 2.13. The monoisotopic (exact) mass is 574 g/mol.